The molecule has 1 atom stereocenters. The number of amides is 1. The fourth-order valence-electron chi connectivity index (χ4n) is 2.84. The molecule has 2 aromatic heterocycles. The standard InChI is InChI=1S/C20H21N3O/c1-13-8-9-16-17(12-14(2)22-19(16)11-13)20(24)23(4)15(3)18-7-5-6-10-21-18/h5-12,15H,1-4H3. The number of fused-ring (bicyclic) bond motifs is 1. The molecule has 4 nitrogen and oxygen atoms in total. The lowest BCUT2D eigenvalue weighted by Crippen LogP contribution is -2.30. The van der Waals surface area contributed by atoms with Gasteiger partial charge in [-0.05, 0) is 50.6 Å². The molecule has 0 aliphatic carbocycles. The summed E-state index contributed by atoms with van der Waals surface area (Å²) in [6.07, 6.45) is 1.75. The van der Waals surface area contributed by atoms with E-state index in [9.17, 15) is 4.79 Å². The molecule has 0 aliphatic rings. The molecule has 0 fully saturated rings. The number of pyridine rings is 2. The summed E-state index contributed by atoms with van der Waals surface area (Å²) in [5.41, 5.74) is 4.39. The SMILES string of the molecule is Cc1ccc2c(C(=O)N(C)C(C)c3ccccn3)cc(C)nc2c1. The Bertz CT molecular complexity index is 885. The van der Waals surface area contributed by atoms with Crippen molar-refractivity contribution in [3.8, 4) is 0 Å². The normalized spacial score (nSPS) is 12.2. The van der Waals surface area contributed by atoms with Crippen LogP contribution in [-0.2, 0) is 0 Å². The highest BCUT2D eigenvalue weighted by Gasteiger charge is 2.22. The third-order valence-corrected chi connectivity index (χ3v) is 4.34. The van der Waals surface area contributed by atoms with Crippen molar-refractivity contribution in [2.45, 2.75) is 26.8 Å². The summed E-state index contributed by atoms with van der Waals surface area (Å²) < 4.78 is 0. The molecule has 1 unspecified atom stereocenters. The van der Waals surface area contributed by atoms with Gasteiger partial charge in [0.25, 0.3) is 5.91 Å². The van der Waals surface area contributed by atoms with E-state index in [2.05, 4.69) is 9.97 Å². The van der Waals surface area contributed by atoms with Crippen LogP contribution >= 0.6 is 0 Å². The molecular weight excluding hydrogens is 298 g/mol. The van der Waals surface area contributed by atoms with Crippen LogP contribution in [0.1, 0.15) is 40.3 Å². The number of hydrogen-bond donors (Lipinski definition) is 0. The van der Waals surface area contributed by atoms with E-state index in [1.165, 1.54) is 0 Å². The fourth-order valence-corrected chi connectivity index (χ4v) is 2.84. The first-order chi connectivity index (χ1) is 11.5. The Kier molecular flexibility index (Phi) is 4.30. The second-order valence-electron chi connectivity index (χ2n) is 6.18. The van der Waals surface area contributed by atoms with Gasteiger partial charge in [0.05, 0.1) is 22.8 Å². The summed E-state index contributed by atoms with van der Waals surface area (Å²) >= 11 is 0. The lowest BCUT2D eigenvalue weighted by atomic mass is 10.0. The molecule has 4 heteroatoms. The molecule has 0 bridgehead atoms. The number of carbonyl (C=O) groups excluding carboxylic acids is 1. The Hall–Kier alpha value is -2.75. The topological polar surface area (TPSA) is 46.1 Å². The molecule has 0 aliphatic heterocycles. The van der Waals surface area contributed by atoms with Gasteiger partial charge in [-0.2, -0.15) is 0 Å². The van der Waals surface area contributed by atoms with Crippen LogP contribution in [0.25, 0.3) is 10.9 Å². The van der Waals surface area contributed by atoms with E-state index in [-0.39, 0.29) is 11.9 Å². The first-order valence-corrected chi connectivity index (χ1v) is 8.03. The largest absolute Gasteiger partial charge is 0.333 e. The summed E-state index contributed by atoms with van der Waals surface area (Å²) in [6.45, 7) is 5.93. The quantitative estimate of drug-likeness (QED) is 0.731. The van der Waals surface area contributed by atoms with Gasteiger partial charge in [-0.3, -0.25) is 14.8 Å². The molecule has 0 spiro atoms. The molecule has 24 heavy (non-hydrogen) atoms. The van der Waals surface area contributed by atoms with Crippen LogP contribution in [-0.4, -0.2) is 27.8 Å². The van der Waals surface area contributed by atoms with Gasteiger partial charge in [0, 0.05) is 24.3 Å². The van der Waals surface area contributed by atoms with E-state index in [0.29, 0.717) is 5.56 Å². The molecule has 0 saturated heterocycles. The van der Waals surface area contributed by atoms with Crippen molar-refractivity contribution in [3.63, 3.8) is 0 Å². The average molecular weight is 319 g/mol. The number of benzene rings is 1. The molecule has 122 valence electrons. The van der Waals surface area contributed by atoms with Gasteiger partial charge in [0.2, 0.25) is 0 Å². The van der Waals surface area contributed by atoms with Gasteiger partial charge in [-0.15, -0.1) is 0 Å². The van der Waals surface area contributed by atoms with Crippen molar-refractivity contribution in [1.82, 2.24) is 14.9 Å². The van der Waals surface area contributed by atoms with E-state index < -0.39 is 0 Å². The van der Waals surface area contributed by atoms with Crippen LogP contribution in [0.5, 0.6) is 0 Å². The minimum atomic E-state index is -0.104. The summed E-state index contributed by atoms with van der Waals surface area (Å²) in [5, 5.41) is 0.885. The number of nitrogens with zero attached hydrogens (tertiary/aromatic N) is 3. The third-order valence-electron chi connectivity index (χ3n) is 4.34. The maximum atomic E-state index is 13.1. The van der Waals surface area contributed by atoms with Gasteiger partial charge in [0.1, 0.15) is 0 Å². The summed E-state index contributed by atoms with van der Waals surface area (Å²) in [7, 11) is 1.82. The first-order valence-electron chi connectivity index (χ1n) is 8.03. The summed E-state index contributed by atoms with van der Waals surface area (Å²) in [6, 6.07) is 13.5. The van der Waals surface area contributed by atoms with Crippen molar-refractivity contribution in [2.24, 2.45) is 0 Å². The smallest absolute Gasteiger partial charge is 0.254 e. The molecule has 1 aromatic carbocycles. The van der Waals surface area contributed by atoms with Crippen molar-refractivity contribution in [2.75, 3.05) is 7.05 Å². The van der Waals surface area contributed by atoms with Crippen LogP contribution in [0.4, 0.5) is 0 Å². The monoisotopic (exact) mass is 319 g/mol. The van der Waals surface area contributed by atoms with E-state index in [1.807, 2.05) is 70.3 Å². The Balaban J connectivity index is 2.02. The van der Waals surface area contributed by atoms with Crippen LogP contribution < -0.4 is 0 Å². The second-order valence-corrected chi connectivity index (χ2v) is 6.18. The second kappa shape index (κ2) is 6.40. The maximum Gasteiger partial charge on any atom is 0.254 e. The fraction of sp³-hybridized carbons (Fsp3) is 0.250. The minimum absolute atomic E-state index is 0.0208. The number of carbonyl (C=O) groups is 1. The number of aromatic nitrogens is 2. The third kappa shape index (κ3) is 3.00. The number of hydrogen-bond acceptors (Lipinski definition) is 3. The summed E-state index contributed by atoms with van der Waals surface area (Å²) in [4.78, 5) is 23.7. The molecular formula is C20H21N3O. The first kappa shape index (κ1) is 16.1. The zero-order valence-electron chi connectivity index (χ0n) is 14.4. The van der Waals surface area contributed by atoms with Gasteiger partial charge in [-0.25, -0.2) is 0 Å². The average Bonchev–Trinajstić information content (AvgIpc) is 2.59. The molecule has 0 saturated carbocycles. The van der Waals surface area contributed by atoms with Crippen molar-refractivity contribution < 1.29 is 4.79 Å². The van der Waals surface area contributed by atoms with Gasteiger partial charge < -0.3 is 4.90 Å². The Labute approximate surface area is 142 Å². The van der Waals surface area contributed by atoms with E-state index in [4.69, 9.17) is 0 Å². The zero-order valence-corrected chi connectivity index (χ0v) is 14.4. The van der Waals surface area contributed by atoms with Crippen LogP contribution in [0.15, 0.2) is 48.7 Å². The van der Waals surface area contributed by atoms with E-state index >= 15 is 0 Å². The lowest BCUT2D eigenvalue weighted by Gasteiger charge is -2.25. The summed E-state index contributed by atoms with van der Waals surface area (Å²) in [5.74, 6) is -0.0208. The highest BCUT2D eigenvalue weighted by Crippen LogP contribution is 2.24. The van der Waals surface area contributed by atoms with E-state index in [1.54, 1.807) is 11.1 Å². The minimum Gasteiger partial charge on any atom is -0.333 e. The van der Waals surface area contributed by atoms with Crippen LogP contribution in [0, 0.1) is 13.8 Å². The lowest BCUT2D eigenvalue weighted by molar-refractivity contribution is 0.0741. The number of aryl methyl sites for hydroxylation is 2. The highest BCUT2D eigenvalue weighted by molar-refractivity contribution is 6.06. The van der Waals surface area contributed by atoms with Crippen molar-refractivity contribution >= 4 is 16.8 Å². The van der Waals surface area contributed by atoms with Crippen molar-refractivity contribution in [3.05, 3.63) is 71.2 Å². The number of rotatable bonds is 3. The molecule has 3 aromatic rings. The molecule has 1 amide bonds. The molecule has 2 heterocycles. The zero-order chi connectivity index (χ0) is 17.3. The van der Waals surface area contributed by atoms with Crippen molar-refractivity contribution in [1.29, 1.82) is 0 Å². The van der Waals surface area contributed by atoms with Gasteiger partial charge in [0.15, 0.2) is 0 Å². The molecule has 3 rings (SSSR count). The van der Waals surface area contributed by atoms with Gasteiger partial charge in [-0.1, -0.05) is 18.2 Å². The van der Waals surface area contributed by atoms with Crippen LogP contribution in [0.3, 0.4) is 0 Å². The molecule has 0 N–H and O–H groups in total. The van der Waals surface area contributed by atoms with Gasteiger partial charge >= 0.3 is 0 Å². The highest BCUT2D eigenvalue weighted by atomic mass is 16.2. The Morgan fingerprint density at radius 1 is 1.12 bits per heavy atom. The Morgan fingerprint density at radius 2 is 1.92 bits per heavy atom. The maximum absolute atomic E-state index is 13.1. The van der Waals surface area contributed by atoms with Crippen LogP contribution in [0.2, 0.25) is 0 Å². The van der Waals surface area contributed by atoms with E-state index in [0.717, 1.165) is 27.9 Å². The predicted molar refractivity (Wildman–Crippen MR) is 96.0 cm³/mol. The predicted octanol–water partition coefficient (Wildman–Crippen LogP) is 4.08. The Morgan fingerprint density at radius 3 is 2.62 bits per heavy atom. The molecule has 0 radical (unpaired) electrons.